The Morgan fingerprint density at radius 3 is 3.19 bits per heavy atom. The molecular weight excluding hydrogens is 274 g/mol. The molecule has 3 rings (SSSR count). The zero-order chi connectivity index (χ0) is 14.8. The van der Waals surface area contributed by atoms with Crippen LogP contribution in [0.25, 0.3) is 11.2 Å². The molecule has 1 aliphatic heterocycles. The van der Waals surface area contributed by atoms with Crippen LogP contribution in [-0.2, 0) is 23.1 Å². The predicted molar refractivity (Wildman–Crippen MR) is 74.8 cm³/mol. The van der Waals surface area contributed by atoms with Crippen molar-refractivity contribution >= 4 is 17.1 Å². The summed E-state index contributed by atoms with van der Waals surface area (Å²) in [4.78, 5) is 32.1. The van der Waals surface area contributed by atoms with Gasteiger partial charge in [-0.25, -0.2) is 14.8 Å². The average Bonchev–Trinajstić information content (AvgIpc) is 3.09. The van der Waals surface area contributed by atoms with Crippen LogP contribution in [0.2, 0.25) is 0 Å². The van der Waals surface area contributed by atoms with E-state index < -0.39 is 0 Å². The molecule has 8 nitrogen and oxygen atoms in total. The van der Waals surface area contributed by atoms with Gasteiger partial charge in [0.15, 0.2) is 5.65 Å². The first-order valence-electron chi connectivity index (χ1n) is 6.90. The van der Waals surface area contributed by atoms with Gasteiger partial charge in [0.2, 0.25) is 5.91 Å². The maximum absolute atomic E-state index is 12.1. The van der Waals surface area contributed by atoms with E-state index in [-0.39, 0.29) is 24.2 Å². The van der Waals surface area contributed by atoms with Gasteiger partial charge in [0.1, 0.15) is 18.4 Å². The van der Waals surface area contributed by atoms with Crippen LogP contribution in [0.1, 0.15) is 12.8 Å². The van der Waals surface area contributed by atoms with Crippen molar-refractivity contribution in [2.75, 3.05) is 13.2 Å². The number of nitrogens with one attached hydrogen (secondary N) is 1. The van der Waals surface area contributed by atoms with E-state index in [0.29, 0.717) is 17.7 Å². The molecule has 2 aromatic heterocycles. The summed E-state index contributed by atoms with van der Waals surface area (Å²) in [6.07, 6.45) is 4.99. The monoisotopic (exact) mass is 291 g/mol. The number of carbonyl (C=O) groups is 1. The Morgan fingerprint density at radius 2 is 2.43 bits per heavy atom. The summed E-state index contributed by atoms with van der Waals surface area (Å²) in [7, 11) is 1.62. The molecule has 112 valence electrons. The second-order valence-electron chi connectivity index (χ2n) is 5.10. The summed E-state index contributed by atoms with van der Waals surface area (Å²) < 4.78 is 8.23. The fourth-order valence-corrected chi connectivity index (χ4v) is 2.52. The van der Waals surface area contributed by atoms with Gasteiger partial charge < -0.3 is 10.1 Å². The van der Waals surface area contributed by atoms with Gasteiger partial charge in [0, 0.05) is 20.2 Å². The molecular formula is C13H17N5O3. The smallest absolute Gasteiger partial charge is 0.330 e. The fourth-order valence-electron chi connectivity index (χ4n) is 2.52. The van der Waals surface area contributed by atoms with Gasteiger partial charge in [0.05, 0.1) is 12.3 Å². The van der Waals surface area contributed by atoms with Crippen molar-refractivity contribution in [1.82, 2.24) is 24.4 Å². The van der Waals surface area contributed by atoms with Crippen molar-refractivity contribution in [2.45, 2.75) is 25.5 Å². The SMILES string of the molecule is Cn1c(=O)n(CC(=O)NCC2CCCO2)c2cncnc21. The van der Waals surface area contributed by atoms with Gasteiger partial charge in [-0.3, -0.25) is 13.9 Å². The normalized spacial score (nSPS) is 18.2. The van der Waals surface area contributed by atoms with Gasteiger partial charge in [0.25, 0.3) is 0 Å². The van der Waals surface area contributed by atoms with Crippen LogP contribution in [0.5, 0.6) is 0 Å². The molecule has 1 atom stereocenters. The molecule has 0 aromatic carbocycles. The molecule has 0 bridgehead atoms. The summed E-state index contributed by atoms with van der Waals surface area (Å²) >= 11 is 0. The highest BCUT2D eigenvalue weighted by Gasteiger charge is 2.18. The standard InChI is InChI=1S/C13H17N5O3/c1-17-12-10(6-14-8-16-12)18(13(17)20)7-11(19)15-5-9-3-2-4-21-9/h6,8-9H,2-5,7H2,1H3,(H,15,19). The van der Waals surface area contributed by atoms with E-state index in [1.54, 1.807) is 7.05 Å². The molecule has 21 heavy (non-hydrogen) atoms. The number of aromatic nitrogens is 4. The molecule has 1 saturated heterocycles. The van der Waals surface area contributed by atoms with Gasteiger partial charge in [-0.1, -0.05) is 0 Å². The van der Waals surface area contributed by atoms with Crippen LogP contribution in [-0.4, -0.2) is 44.3 Å². The van der Waals surface area contributed by atoms with E-state index in [1.165, 1.54) is 21.7 Å². The average molecular weight is 291 g/mol. The minimum Gasteiger partial charge on any atom is -0.376 e. The highest BCUT2D eigenvalue weighted by Crippen LogP contribution is 2.10. The number of hydrogen-bond donors (Lipinski definition) is 1. The Kier molecular flexibility index (Phi) is 3.70. The summed E-state index contributed by atoms with van der Waals surface area (Å²) in [5, 5.41) is 2.80. The lowest BCUT2D eigenvalue weighted by Crippen LogP contribution is -2.36. The number of rotatable bonds is 4. The van der Waals surface area contributed by atoms with Crippen molar-refractivity contribution in [2.24, 2.45) is 7.05 Å². The minimum atomic E-state index is -0.280. The highest BCUT2D eigenvalue weighted by molar-refractivity contribution is 5.78. The predicted octanol–water partition coefficient (Wildman–Crippen LogP) is -0.575. The second kappa shape index (κ2) is 5.65. The first-order chi connectivity index (χ1) is 10.2. The molecule has 1 fully saturated rings. The van der Waals surface area contributed by atoms with Crippen molar-refractivity contribution in [3.8, 4) is 0 Å². The summed E-state index contributed by atoms with van der Waals surface area (Å²) in [5.74, 6) is -0.219. The second-order valence-corrected chi connectivity index (χ2v) is 5.10. The fraction of sp³-hybridized carbons (Fsp3) is 0.538. The minimum absolute atomic E-state index is 0.0454. The van der Waals surface area contributed by atoms with Crippen molar-refractivity contribution in [1.29, 1.82) is 0 Å². The first kappa shape index (κ1) is 13.7. The van der Waals surface area contributed by atoms with Gasteiger partial charge in [-0.2, -0.15) is 0 Å². The van der Waals surface area contributed by atoms with Crippen molar-refractivity contribution in [3.63, 3.8) is 0 Å². The van der Waals surface area contributed by atoms with E-state index in [2.05, 4.69) is 15.3 Å². The number of carbonyl (C=O) groups excluding carboxylic acids is 1. The van der Waals surface area contributed by atoms with Gasteiger partial charge in [-0.15, -0.1) is 0 Å². The molecule has 1 amide bonds. The zero-order valence-electron chi connectivity index (χ0n) is 11.8. The zero-order valence-corrected chi connectivity index (χ0v) is 11.8. The maximum atomic E-state index is 12.1. The number of amides is 1. The molecule has 0 radical (unpaired) electrons. The molecule has 8 heteroatoms. The molecule has 0 spiro atoms. The van der Waals surface area contributed by atoms with Crippen LogP contribution in [0.3, 0.4) is 0 Å². The van der Waals surface area contributed by atoms with Gasteiger partial charge >= 0.3 is 5.69 Å². The number of imidazole rings is 1. The topological polar surface area (TPSA) is 91.0 Å². The molecule has 0 saturated carbocycles. The Hall–Kier alpha value is -2.22. The van der Waals surface area contributed by atoms with E-state index in [1.807, 2.05) is 0 Å². The number of nitrogens with zero attached hydrogens (tertiary/aromatic N) is 4. The number of aryl methyl sites for hydroxylation is 1. The molecule has 3 heterocycles. The summed E-state index contributed by atoms with van der Waals surface area (Å²) in [6, 6.07) is 0. The molecule has 0 aliphatic carbocycles. The largest absolute Gasteiger partial charge is 0.376 e. The Labute approximate surface area is 120 Å². The summed E-state index contributed by atoms with van der Waals surface area (Å²) in [5.41, 5.74) is 0.789. The quantitative estimate of drug-likeness (QED) is 0.814. The Morgan fingerprint density at radius 1 is 1.57 bits per heavy atom. The number of ether oxygens (including phenoxy) is 1. The third-order valence-electron chi connectivity index (χ3n) is 3.65. The van der Waals surface area contributed by atoms with Gasteiger partial charge in [-0.05, 0) is 12.8 Å². The molecule has 1 N–H and O–H groups in total. The third-order valence-corrected chi connectivity index (χ3v) is 3.65. The van der Waals surface area contributed by atoms with Crippen LogP contribution < -0.4 is 11.0 Å². The number of fused-ring (bicyclic) bond motifs is 1. The van der Waals surface area contributed by atoms with Crippen molar-refractivity contribution < 1.29 is 9.53 Å². The highest BCUT2D eigenvalue weighted by atomic mass is 16.5. The maximum Gasteiger partial charge on any atom is 0.330 e. The van der Waals surface area contributed by atoms with E-state index in [9.17, 15) is 9.59 Å². The van der Waals surface area contributed by atoms with Crippen LogP contribution in [0.4, 0.5) is 0 Å². The van der Waals surface area contributed by atoms with E-state index >= 15 is 0 Å². The van der Waals surface area contributed by atoms with Crippen LogP contribution in [0.15, 0.2) is 17.3 Å². The van der Waals surface area contributed by atoms with E-state index in [0.717, 1.165) is 19.4 Å². The lowest BCUT2D eigenvalue weighted by Gasteiger charge is -2.10. The molecule has 1 aliphatic rings. The molecule has 1 unspecified atom stereocenters. The first-order valence-corrected chi connectivity index (χ1v) is 6.90. The van der Waals surface area contributed by atoms with Crippen molar-refractivity contribution in [3.05, 3.63) is 23.0 Å². The summed E-state index contributed by atoms with van der Waals surface area (Å²) in [6.45, 7) is 1.19. The third kappa shape index (κ3) is 2.66. The molecule has 2 aromatic rings. The Bertz CT molecular complexity index is 714. The lowest BCUT2D eigenvalue weighted by atomic mass is 10.2. The van der Waals surface area contributed by atoms with Crippen LogP contribution in [0, 0.1) is 0 Å². The Balaban J connectivity index is 1.73. The lowest BCUT2D eigenvalue weighted by molar-refractivity contribution is -0.122. The number of hydrogen-bond acceptors (Lipinski definition) is 5. The van der Waals surface area contributed by atoms with E-state index in [4.69, 9.17) is 4.74 Å². The van der Waals surface area contributed by atoms with Crippen LogP contribution >= 0.6 is 0 Å².